The van der Waals surface area contributed by atoms with Gasteiger partial charge in [0.25, 0.3) is 0 Å². The van der Waals surface area contributed by atoms with E-state index in [2.05, 4.69) is 17.6 Å². The number of nitrogens with one attached hydrogen (secondary N) is 2. The molecule has 2 saturated heterocycles. The van der Waals surface area contributed by atoms with Gasteiger partial charge in [0.15, 0.2) is 0 Å². The molecular weight excluding hydrogens is 216 g/mol. The molecule has 3 atom stereocenters. The van der Waals surface area contributed by atoms with E-state index in [0.29, 0.717) is 18.5 Å². The number of carbonyl (C=O) groups is 1. The maximum absolute atomic E-state index is 11.9. The molecule has 2 heterocycles. The normalized spacial score (nSPS) is 34.3. The Kier molecular flexibility index (Phi) is 4.80. The van der Waals surface area contributed by atoms with Crippen molar-refractivity contribution >= 4 is 5.91 Å². The second kappa shape index (κ2) is 6.36. The molecule has 0 aromatic rings. The number of piperidine rings is 1. The van der Waals surface area contributed by atoms with Crippen LogP contribution in [-0.2, 0) is 9.53 Å². The van der Waals surface area contributed by atoms with Gasteiger partial charge in [-0.15, -0.1) is 0 Å². The quantitative estimate of drug-likeness (QED) is 0.779. The fourth-order valence-corrected chi connectivity index (χ4v) is 2.74. The minimum atomic E-state index is 0.198. The molecule has 2 aliphatic rings. The molecule has 17 heavy (non-hydrogen) atoms. The second-order valence-electron chi connectivity index (χ2n) is 5.32. The van der Waals surface area contributed by atoms with E-state index >= 15 is 0 Å². The summed E-state index contributed by atoms with van der Waals surface area (Å²) >= 11 is 0. The van der Waals surface area contributed by atoms with Crippen LogP contribution in [0.4, 0.5) is 0 Å². The highest BCUT2D eigenvalue weighted by Crippen LogP contribution is 2.14. The molecule has 0 saturated carbocycles. The van der Waals surface area contributed by atoms with E-state index in [1.807, 2.05) is 0 Å². The van der Waals surface area contributed by atoms with Crippen LogP contribution in [0.25, 0.3) is 0 Å². The van der Waals surface area contributed by atoms with E-state index in [-0.39, 0.29) is 12.0 Å². The van der Waals surface area contributed by atoms with Gasteiger partial charge >= 0.3 is 0 Å². The number of carbonyl (C=O) groups excluding carboxylic acids is 1. The summed E-state index contributed by atoms with van der Waals surface area (Å²) in [4.78, 5) is 11.9. The average molecular weight is 240 g/mol. The van der Waals surface area contributed by atoms with Crippen LogP contribution in [0.2, 0.25) is 0 Å². The molecule has 4 heteroatoms. The van der Waals surface area contributed by atoms with Gasteiger partial charge in [0.2, 0.25) is 5.91 Å². The molecule has 2 aliphatic heterocycles. The first kappa shape index (κ1) is 12.8. The molecule has 4 nitrogen and oxygen atoms in total. The van der Waals surface area contributed by atoms with Crippen molar-refractivity contribution in [3.8, 4) is 0 Å². The van der Waals surface area contributed by atoms with Crippen molar-refractivity contribution < 1.29 is 9.53 Å². The van der Waals surface area contributed by atoms with Crippen molar-refractivity contribution in [2.24, 2.45) is 0 Å². The van der Waals surface area contributed by atoms with E-state index in [0.717, 1.165) is 32.4 Å². The third kappa shape index (κ3) is 4.28. The van der Waals surface area contributed by atoms with Crippen LogP contribution in [0.15, 0.2) is 0 Å². The van der Waals surface area contributed by atoms with Crippen LogP contribution in [-0.4, -0.2) is 37.2 Å². The third-order valence-corrected chi connectivity index (χ3v) is 3.69. The molecule has 2 fully saturated rings. The molecular formula is C13H24N2O2. The maximum Gasteiger partial charge on any atom is 0.221 e. The summed E-state index contributed by atoms with van der Waals surface area (Å²) in [6.45, 7) is 3.90. The minimum absolute atomic E-state index is 0.198. The Balaban J connectivity index is 1.68. The van der Waals surface area contributed by atoms with E-state index < -0.39 is 0 Å². The number of hydrogen-bond donors (Lipinski definition) is 2. The fraction of sp³-hybridized carbons (Fsp3) is 0.923. The smallest absolute Gasteiger partial charge is 0.221 e. The summed E-state index contributed by atoms with van der Waals surface area (Å²) in [6.07, 6.45) is 6.44. The Hall–Kier alpha value is -0.610. The molecule has 0 aromatic carbocycles. The molecule has 98 valence electrons. The van der Waals surface area contributed by atoms with Crippen molar-refractivity contribution in [1.29, 1.82) is 0 Å². The molecule has 0 spiro atoms. The molecule has 3 unspecified atom stereocenters. The lowest BCUT2D eigenvalue weighted by Crippen LogP contribution is -2.44. The lowest BCUT2D eigenvalue weighted by molar-refractivity contribution is -0.123. The van der Waals surface area contributed by atoms with Crippen LogP contribution in [0.3, 0.4) is 0 Å². The van der Waals surface area contributed by atoms with Gasteiger partial charge in [-0.25, -0.2) is 0 Å². The second-order valence-corrected chi connectivity index (χ2v) is 5.32. The Morgan fingerprint density at radius 3 is 3.00 bits per heavy atom. The monoisotopic (exact) mass is 240 g/mol. The van der Waals surface area contributed by atoms with Crippen molar-refractivity contribution in [2.75, 3.05) is 13.2 Å². The molecule has 0 aromatic heterocycles. The molecule has 0 bridgehead atoms. The SMILES string of the molecule is CC1CC(NC(=O)CC2CCCCN2)CCO1. The van der Waals surface area contributed by atoms with Crippen LogP contribution in [0.1, 0.15) is 45.4 Å². The molecule has 2 N–H and O–H groups in total. The Labute approximate surface area is 103 Å². The van der Waals surface area contributed by atoms with Gasteiger partial charge in [-0.2, -0.15) is 0 Å². The first-order valence-electron chi connectivity index (χ1n) is 6.88. The van der Waals surface area contributed by atoms with Gasteiger partial charge in [-0.3, -0.25) is 4.79 Å². The molecule has 0 aliphatic carbocycles. The van der Waals surface area contributed by atoms with Crippen molar-refractivity contribution in [3.05, 3.63) is 0 Å². The first-order valence-corrected chi connectivity index (χ1v) is 6.88. The number of ether oxygens (including phenoxy) is 1. The predicted molar refractivity (Wildman–Crippen MR) is 66.8 cm³/mol. The third-order valence-electron chi connectivity index (χ3n) is 3.69. The highest BCUT2D eigenvalue weighted by molar-refractivity contribution is 5.76. The molecule has 1 amide bonds. The van der Waals surface area contributed by atoms with Crippen molar-refractivity contribution in [1.82, 2.24) is 10.6 Å². The first-order chi connectivity index (χ1) is 8.24. The lowest BCUT2D eigenvalue weighted by Gasteiger charge is -2.29. The largest absolute Gasteiger partial charge is 0.378 e. The summed E-state index contributed by atoms with van der Waals surface area (Å²) < 4.78 is 5.48. The zero-order chi connectivity index (χ0) is 12.1. The summed E-state index contributed by atoms with van der Waals surface area (Å²) in [5, 5.41) is 6.55. The summed E-state index contributed by atoms with van der Waals surface area (Å²) in [5.74, 6) is 0.198. The van der Waals surface area contributed by atoms with Gasteiger partial charge < -0.3 is 15.4 Å². The van der Waals surface area contributed by atoms with Crippen LogP contribution >= 0.6 is 0 Å². The van der Waals surface area contributed by atoms with Gasteiger partial charge in [0.05, 0.1) is 6.10 Å². The zero-order valence-electron chi connectivity index (χ0n) is 10.7. The summed E-state index contributed by atoms with van der Waals surface area (Å²) in [6, 6.07) is 0.704. The van der Waals surface area contributed by atoms with E-state index in [1.54, 1.807) is 0 Å². The molecule has 2 rings (SSSR count). The van der Waals surface area contributed by atoms with Crippen LogP contribution in [0, 0.1) is 0 Å². The van der Waals surface area contributed by atoms with Gasteiger partial charge in [-0.1, -0.05) is 6.42 Å². The average Bonchev–Trinajstić information content (AvgIpc) is 2.30. The summed E-state index contributed by atoms with van der Waals surface area (Å²) in [7, 11) is 0. The van der Waals surface area contributed by atoms with Crippen LogP contribution in [0.5, 0.6) is 0 Å². The highest BCUT2D eigenvalue weighted by atomic mass is 16.5. The standard InChI is InChI=1S/C13H24N2O2/c1-10-8-12(5-7-17-10)15-13(16)9-11-4-2-3-6-14-11/h10-12,14H,2-9H2,1H3,(H,15,16). The van der Waals surface area contributed by atoms with E-state index in [9.17, 15) is 4.79 Å². The summed E-state index contributed by atoms with van der Waals surface area (Å²) in [5.41, 5.74) is 0. The zero-order valence-corrected chi connectivity index (χ0v) is 10.7. The van der Waals surface area contributed by atoms with Crippen LogP contribution < -0.4 is 10.6 Å². The molecule has 0 radical (unpaired) electrons. The van der Waals surface area contributed by atoms with Crippen molar-refractivity contribution in [3.63, 3.8) is 0 Å². The lowest BCUT2D eigenvalue weighted by atomic mass is 10.0. The number of hydrogen-bond acceptors (Lipinski definition) is 3. The maximum atomic E-state index is 11.9. The predicted octanol–water partition coefficient (Wildman–Crippen LogP) is 1.20. The Morgan fingerprint density at radius 1 is 1.41 bits per heavy atom. The van der Waals surface area contributed by atoms with Gasteiger partial charge in [-0.05, 0) is 39.2 Å². The van der Waals surface area contributed by atoms with Gasteiger partial charge in [0.1, 0.15) is 0 Å². The van der Waals surface area contributed by atoms with Gasteiger partial charge in [0, 0.05) is 25.1 Å². The Morgan fingerprint density at radius 2 is 2.29 bits per heavy atom. The highest BCUT2D eigenvalue weighted by Gasteiger charge is 2.22. The number of amides is 1. The van der Waals surface area contributed by atoms with Crippen molar-refractivity contribution in [2.45, 2.75) is 63.6 Å². The van der Waals surface area contributed by atoms with E-state index in [4.69, 9.17) is 4.74 Å². The number of rotatable bonds is 3. The Bertz CT molecular complexity index is 252. The topological polar surface area (TPSA) is 50.4 Å². The van der Waals surface area contributed by atoms with E-state index in [1.165, 1.54) is 12.8 Å². The minimum Gasteiger partial charge on any atom is -0.378 e. The fourth-order valence-electron chi connectivity index (χ4n) is 2.74.